The zero-order valence-electron chi connectivity index (χ0n) is 14.6. The molecule has 0 saturated heterocycles. The van der Waals surface area contributed by atoms with E-state index in [0.717, 1.165) is 5.56 Å². The Hall–Kier alpha value is -2.72. The lowest BCUT2D eigenvalue weighted by molar-refractivity contribution is -0.118. The molecule has 0 radical (unpaired) electrons. The van der Waals surface area contributed by atoms with Crippen LogP contribution in [0.4, 0.5) is 4.39 Å². The third-order valence-electron chi connectivity index (χ3n) is 3.74. The summed E-state index contributed by atoms with van der Waals surface area (Å²) in [4.78, 5) is 24.3. The lowest BCUT2D eigenvalue weighted by Crippen LogP contribution is -2.28. The first-order chi connectivity index (χ1) is 13.1. The molecule has 0 bridgehead atoms. The van der Waals surface area contributed by atoms with Gasteiger partial charge in [0.25, 0.3) is 5.56 Å². The summed E-state index contributed by atoms with van der Waals surface area (Å²) in [5.74, 6) is -0.325. The summed E-state index contributed by atoms with van der Waals surface area (Å²) in [6.07, 6.45) is 3.29. The molecule has 0 aliphatic rings. The number of halogens is 1. The molecule has 0 fully saturated rings. The van der Waals surface area contributed by atoms with Crippen molar-refractivity contribution in [1.82, 2.24) is 24.5 Å². The first kappa shape index (κ1) is 19.1. The van der Waals surface area contributed by atoms with Crippen molar-refractivity contribution in [1.29, 1.82) is 0 Å². The van der Waals surface area contributed by atoms with Crippen LogP contribution in [-0.4, -0.2) is 51.1 Å². The number of fused-ring (bicyclic) bond motifs is 1. The van der Waals surface area contributed by atoms with E-state index >= 15 is 0 Å². The van der Waals surface area contributed by atoms with Crippen molar-refractivity contribution in [2.75, 3.05) is 26.0 Å². The van der Waals surface area contributed by atoms with E-state index < -0.39 is 0 Å². The van der Waals surface area contributed by atoms with Crippen LogP contribution in [0, 0.1) is 5.82 Å². The molecule has 1 aromatic carbocycles. The molecular weight excluding hydrogens is 373 g/mol. The van der Waals surface area contributed by atoms with Crippen LogP contribution in [0.3, 0.4) is 0 Å². The number of nitrogens with zero attached hydrogens (tertiary/aromatic N) is 4. The average Bonchev–Trinajstić information content (AvgIpc) is 3.08. The molecule has 0 aliphatic heterocycles. The molecule has 0 saturated carbocycles. The summed E-state index contributed by atoms with van der Waals surface area (Å²) in [5.41, 5.74) is 0.650. The Morgan fingerprint density at radius 3 is 2.78 bits per heavy atom. The number of thioether (sulfide) groups is 1. The van der Waals surface area contributed by atoms with E-state index in [1.165, 1.54) is 28.5 Å². The molecule has 10 heteroatoms. The lowest BCUT2D eigenvalue weighted by Gasteiger charge is -2.07. The fourth-order valence-electron chi connectivity index (χ4n) is 2.38. The number of carbonyl (C=O) groups excluding carboxylic acids is 1. The van der Waals surface area contributed by atoms with Crippen LogP contribution in [0.2, 0.25) is 0 Å². The summed E-state index contributed by atoms with van der Waals surface area (Å²) in [6.45, 7) is 1.18. The normalized spacial score (nSPS) is 11.0. The van der Waals surface area contributed by atoms with Gasteiger partial charge in [0.2, 0.25) is 11.6 Å². The summed E-state index contributed by atoms with van der Waals surface area (Å²) < 4.78 is 20.9. The molecule has 8 nitrogen and oxygen atoms in total. The van der Waals surface area contributed by atoms with Crippen LogP contribution < -0.4 is 10.9 Å². The average molecular weight is 391 g/mol. The second-order valence-electron chi connectivity index (χ2n) is 5.67. The van der Waals surface area contributed by atoms with Crippen molar-refractivity contribution in [2.45, 2.75) is 11.7 Å². The largest absolute Gasteiger partial charge is 0.383 e. The highest BCUT2D eigenvalue weighted by Gasteiger charge is 2.13. The quantitative estimate of drug-likeness (QED) is 0.454. The molecule has 1 N–H and O–H groups in total. The maximum absolute atomic E-state index is 13.0. The van der Waals surface area contributed by atoms with Crippen LogP contribution >= 0.6 is 11.8 Å². The molecule has 0 spiro atoms. The first-order valence-electron chi connectivity index (χ1n) is 8.15. The molecule has 1 amide bonds. The number of carbonyl (C=O) groups is 1. The Labute approximate surface area is 158 Å². The Kier molecular flexibility index (Phi) is 6.20. The highest BCUT2D eigenvalue weighted by atomic mass is 32.2. The summed E-state index contributed by atoms with van der Waals surface area (Å²) in [5, 5.41) is 11.1. The minimum Gasteiger partial charge on any atom is -0.383 e. The van der Waals surface area contributed by atoms with Gasteiger partial charge in [-0.15, -0.1) is 10.2 Å². The third-order valence-corrected chi connectivity index (χ3v) is 4.68. The van der Waals surface area contributed by atoms with Crippen molar-refractivity contribution in [3.05, 3.63) is 58.4 Å². The second-order valence-corrected chi connectivity index (χ2v) is 6.61. The van der Waals surface area contributed by atoms with Crippen molar-refractivity contribution in [3.63, 3.8) is 0 Å². The molecule has 2 aromatic heterocycles. The van der Waals surface area contributed by atoms with Gasteiger partial charge in [0, 0.05) is 26.0 Å². The highest BCUT2D eigenvalue weighted by Crippen LogP contribution is 2.15. The topological polar surface area (TPSA) is 90.5 Å². The summed E-state index contributed by atoms with van der Waals surface area (Å²) >= 11 is 1.19. The van der Waals surface area contributed by atoms with Crippen LogP contribution in [0.25, 0.3) is 5.65 Å². The predicted octanol–water partition coefficient (Wildman–Crippen LogP) is 0.933. The van der Waals surface area contributed by atoms with Gasteiger partial charge in [-0.1, -0.05) is 23.9 Å². The fraction of sp³-hybridized carbons (Fsp3) is 0.294. The van der Waals surface area contributed by atoms with Gasteiger partial charge in [-0.2, -0.15) is 0 Å². The molecular formula is C17H18FN5O3S. The zero-order valence-corrected chi connectivity index (χ0v) is 15.4. The number of amides is 1. The Balaban J connectivity index is 1.71. The maximum Gasteiger partial charge on any atom is 0.296 e. The van der Waals surface area contributed by atoms with Gasteiger partial charge in [-0.3, -0.25) is 14.0 Å². The minimum atomic E-state index is -0.327. The number of nitrogens with one attached hydrogen (secondary N) is 1. The zero-order chi connectivity index (χ0) is 19.2. The number of methoxy groups -OCH3 is 1. The molecule has 27 heavy (non-hydrogen) atoms. The van der Waals surface area contributed by atoms with E-state index in [4.69, 9.17) is 4.74 Å². The van der Waals surface area contributed by atoms with Gasteiger partial charge >= 0.3 is 0 Å². The van der Waals surface area contributed by atoms with Crippen LogP contribution in [-0.2, 0) is 16.1 Å². The van der Waals surface area contributed by atoms with Gasteiger partial charge < -0.3 is 14.6 Å². The summed E-state index contributed by atoms with van der Waals surface area (Å²) in [6, 6.07) is 5.95. The minimum absolute atomic E-state index is 0.154. The molecule has 3 rings (SSSR count). The lowest BCUT2D eigenvalue weighted by atomic mass is 10.2. The van der Waals surface area contributed by atoms with Gasteiger partial charge in [0.1, 0.15) is 5.82 Å². The van der Waals surface area contributed by atoms with Crippen molar-refractivity contribution in [2.24, 2.45) is 0 Å². The number of hydrogen-bond acceptors (Lipinski definition) is 6. The van der Waals surface area contributed by atoms with Crippen molar-refractivity contribution >= 4 is 23.3 Å². The first-order valence-corrected chi connectivity index (χ1v) is 9.14. The van der Waals surface area contributed by atoms with E-state index in [9.17, 15) is 14.0 Å². The van der Waals surface area contributed by atoms with Gasteiger partial charge in [-0.05, 0) is 17.7 Å². The van der Waals surface area contributed by atoms with Gasteiger partial charge in [0.05, 0.1) is 18.9 Å². The number of benzene rings is 1. The molecule has 0 atom stereocenters. The molecule has 2 heterocycles. The number of aromatic nitrogens is 4. The number of hydrogen-bond donors (Lipinski definition) is 1. The molecule has 3 aromatic rings. The van der Waals surface area contributed by atoms with E-state index in [0.29, 0.717) is 24.9 Å². The molecule has 0 aliphatic carbocycles. The molecule has 0 unspecified atom stereocenters. The number of rotatable bonds is 8. The molecule has 142 valence electrons. The van der Waals surface area contributed by atoms with E-state index in [-0.39, 0.29) is 28.7 Å². The van der Waals surface area contributed by atoms with E-state index in [2.05, 4.69) is 15.5 Å². The second kappa shape index (κ2) is 8.78. The predicted molar refractivity (Wildman–Crippen MR) is 98.4 cm³/mol. The smallest absolute Gasteiger partial charge is 0.296 e. The van der Waals surface area contributed by atoms with Crippen LogP contribution in [0.1, 0.15) is 5.56 Å². The number of ether oxygens (including phenoxy) is 1. The summed E-state index contributed by atoms with van der Waals surface area (Å²) in [7, 11) is 1.56. The van der Waals surface area contributed by atoms with Crippen LogP contribution in [0.5, 0.6) is 0 Å². The fourth-order valence-corrected chi connectivity index (χ4v) is 3.13. The van der Waals surface area contributed by atoms with Crippen LogP contribution in [0.15, 0.2) is 46.6 Å². The van der Waals surface area contributed by atoms with E-state index in [1.807, 2.05) is 0 Å². The standard InChI is InChI=1S/C17H18FN5O3S/c1-26-9-6-19-14(24)11-27-17-21-20-15-16(25)22(7-8-23(15)17)10-12-2-4-13(18)5-3-12/h2-5,7-8H,6,9-11H2,1H3,(H,19,24). The van der Waals surface area contributed by atoms with Crippen molar-refractivity contribution in [3.8, 4) is 0 Å². The monoisotopic (exact) mass is 391 g/mol. The van der Waals surface area contributed by atoms with Gasteiger partial charge in [0.15, 0.2) is 5.16 Å². The SMILES string of the molecule is COCCNC(=O)CSc1nnc2c(=O)n(Cc3ccc(F)cc3)ccn12. The Bertz CT molecular complexity index is 986. The highest BCUT2D eigenvalue weighted by molar-refractivity contribution is 7.99. The van der Waals surface area contributed by atoms with Crippen molar-refractivity contribution < 1.29 is 13.9 Å². The van der Waals surface area contributed by atoms with Gasteiger partial charge in [-0.25, -0.2) is 4.39 Å². The third kappa shape index (κ3) is 4.72. The Morgan fingerprint density at radius 2 is 2.04 bits per heavy atom. The maximum atomic E-state index is 13.0. The Morgan fingerprint density at radius 1 is 1.26 bits per heavy atom. The van der Waals surface area contributed by atoms with E-state index in [1.54, 1.807) is 36.0 Å².